The molecule has 1 saturated heterocycles. The predicted molar refractivity (Wildman–Crippen MR) is 96.4 cm³/mol. The van der Waals surface area contributed by atoms with E-state index in [2.05, 4.69) is 16.3 Å². The van der Waals surface area contributed by atoms with Crippen LogP contribution in [-0.4, -0.2) is 32.7 Å². The molecule has 3 rings (SSSR count). The molecular formula is C20H23FN2O2. The Morgan fingerprint density at radius 3 is 2.76 bits per heavy atom. The molecule has 1 N–H and O–H groups in total. The second-order valence-electron chi connectivity index (χ2n) is 6.38. The number of nitrogens with zero attached hydrogens (tertiary/aromatic N) is 1. The average molecular weight is 342 g/mol. The van der Waals surface area contributed by atoms with E-state index in [1.165, 1.54) is 12.1 Å². The lowest BCUT2D eigenvalue weighted by atomic mass is 10.1. The van der Waals surface area contributed by atoms with Crippen LogP contribution in [0.1, 0.15) is 12.0 Å². The molecule has 5 heteroatoms. The molecule has 0 aliphatic carbocycles. The average Bonchev–Trinajstić information content (AvgIpc) is 3.11. The molecule has 1 heterocycles. The summed E-state index contributed by atoms with van der Waals surface area (Å²) in [4.78, 5) is 14.4. The third-order valence-electron chi connectivity index (χ3n) is 4.58. The summed E-state index contributed by atoms with van der Waals surface area (Å²) in [5.74, 6) is 0.986. The van der Waals surface area contributed by atoms with E-state index in [4.69, 9.17) is 4.74 Å². The molecule has 0 bridgehead atoms. The molecule has 1 amide bonds. The number of hydrogen-bond acceptors (Lipinski definition) is 3. The fraction of sp³-hybridized carbons (Fsp3) is 0.350. The Morgan fingerprint density at radius 1 is 1.24 bits per heavy atom. The van der Waals surface area contributed by atoms with E-state index in [9.17, 15) is 9.18 Å². The molecule has 2 aromatic carbocycles. The zero-order chi connectivity index (χ0) is 17.6. The zero-order valence-electron chi connectivity index (χ0n) is 14.4. The Morgan fingerprint density at radius 2 is 2.00 bits per heavy atom. The molecule has 1 atom stereocenters. The molecule has 132 valence electrons. The van der Waals surface area contributed by atoms with Crippen molar-refractivity contribution in [2.45, 2.75) is 12.8 Å². The lowest BCUT2D eigenvalue weighted by molar-refractivity contribution is -0.120. The molecule has 2 aromatic rings. The van der Waals surface area contributed by atoms with E-state index >= 15 is 0 Å². The van der Waals surface area contributed by atoms with Crippen LogP contribution in [0.3, 0.4) is 0 Å². The summed E-state index contributed by atoms with van der Waals surface area (Å²) >= 11 is 0. The van der Waals surface area contributed by atoms with Crippen molar-refractivity contribution in [2.24, 2.45) is 5.92 Å². The van der Waals surface area contributed by atoms with Crippen molar-refractivity contribution in [1.82, 2.24) is 5.32 Å². The van der Waals surface area contributed by atoms with Crippen LogP contribution in [0.15, 0.2) is 48.5 Å². The van der Waals surface area contributed by atoms with Gasteiger partial charge in [-0.25, -0.2) is 4.39 Å². The van der Waals surface area contributed by atoms with Crippen LogP contribution in [0, 0.1) is 11.7 Å². The van der Waals surface area contributed by atoms with Crippen LogP contribution in [-0.2, 0) is 11.2 Å². The Kier molecular flexibility index (Phi) is 5.53. The van der Waals surface area contributed by atoms with E-state index < -0.39 is 0 Å². The first-order valence-corrected chi connectivity index (χ1v) is 8.55. The van der Waals surface area contributed by atoms with Crippen molar-refractivity contribution >= 4 is 11.6 Å². The minimum absolute atomic E-state index is 0.0256. The van der Waals surface area contributed by atoms with E-state index in [1.807, 2.05) is 18.2 Å². The summed E-state index contributed by atoms with van der Waals surface area (Å²) in [5.41, 5.74) is 1.92. The maximum atomic E-state index is 12.9. The number of anilines is 1. The molecule has 0 spiro atoms. The Balaban J connectivity index is 1.48. The van der Waals surface area contributed by atoms with E-state index in [0.717, 1.165) is 36.5 Å². The van der Waals surface area contributed by atoms with Gasteiger partial charge < -0.3 is 15.0 Å². The summed E-state index contributed by atoms with van der Waals surface area (Å²) in [6.45, 7) is 2.52. The minimum Gasteiger partial charge on any atom is -0.495 e. The lowest BCUT2D eigenvalue weighted by Crippen LogP contribution is -2.32. The topological polar surface area (TPSA) is 41.6 Å². The monoisotopic (exact) mass is 342 g/mol. The first-order valence-electron chi connectivity index (χ1n) is 8.55. The van der Waals surface area contributed by atoms with E-state index in [1.54, 1.807) is 19.2 Å². The van der Waals surface area contributed by atoms with Crippen molar-refractivity contribution in [1.29, 1.82) is 0 Å². The summed E-state index contributed by atoms with van der Waals surface area (Å²) in [6, 6.07) is 14.1. The number of carbonyl (C=O) groups excluding carboxylic acids is 1. The normalized spacial score (nSPS) is 16.7. The molecular weight excluding hydrogens is 319 g/mol. The first kappa shape index (κ1) is 17.3. The third kappa shape index (κ3) is 4.50. The second kappa shape index (κ2) is 8.01. The van der Waals surface area contributed by atoms with Crippen LogP contribution >= 0.6 is 0 Å². The molecule has 0 saturated carbocycles. The summed E-state index contributed by atoms with van der Waals surface area (Å²) < 4.78 is 18.3. The van der Waals surface area contributed by atoms with Crippen LogP contribution in [0.2, 0.25) is 0 Å². The number of para-hydroxylation sites is 2. The van der Waals surface area contributed by atoms with Gasteiger partial charge in [-0.05, 0) is 42.2 Å². The fourth-order valence-corrected chi connectivity index (χ4v) is 3.22. The summed E-state index contributed by atoms with van der Waals surface area (Å²) in [7, 11) is 1.68. The number of amides is 1. The highest BCUT2D eigenvalue weighted by Crippen LogP contribution is 2.31. The van der Waals surface area contributed by atoms with Gasteiger partial charge in [0.1, 0.15) is 11.6 Å². The number of carbonyl (C=O) groups is 1. The lowest BCUT2D eigenvalue weighted by Gasteiger charge is -2.21. The number of methoxy groups -OCH3 is 1. The van der Waals surface area contributed by atoms with Crippen molar-refractivity contribution in [3.63, 3.8) is 0 Å². The maximum absolute atomic E-state index is 12.9. The Labute approximate surface area is 147 Å². The van der Waals surface area contributed by atoms with Crippen LogP contribution in [0.5, 0.6) is 5.75 Å². The maximum Gasteiger partial charge on any atom is 0.224 e. The highest BCUT2D eigenvalue weighted by molar-refractivity contribution is 5.78. The van der Waals surface area contributed by atoms with E-state index in [-0.39, 0.29) is 18.1 Å². The molecule has 1 aliphatic rings. The quantitative estimate of drug-likeness (QED) is 0.877. The van der Waals surface area contributed by atoms with Crippen LogP contribution in [0.4, 0.5) is 10.1 Å². The number of hydrogen-bond donors (Lipinski definition) is 1. The molecule has 0 radical (unpaired) electrons. The van der Waals surface area contributed by atoms with Gasteiger partial charge in [0.15, 0.2) is 0 Å². The molecule has 0 aromatic heterocycles. The first-order chi connectivity index (χ1) is 12.2. The predicted octanol–water partition coefficient (Wildman–Crippen LogP) is 3.02. The number of nitrogens with one attached hydrogen (secondary N) is 1. The smallest absolute Gasteiger partial charge is 0.224 e. The zero-order valence-corrected chi connectivity index (χ0v) is 14.4. The highest BCUT2D eigenvalue weighted by Gasteiger charge is 2.24. The van der Waals surface area contributed by atoms with E-state index in [0.29, 0.717) is 12.5 Å². The number of halogens is 1. The second-order valence-corrected chi connectivity index (χ2v) is 6.38. The highest BCUT2D eigenvalue weighted by atomic mass is 19.1. The molecule has 25 heavy (non-hydrogen) atoms. The van der Waals surface area contributed by atoms with Gasteiger partial charge in [-0.15, -0.1) is 0 Å². The fourth-order valence-electron chi connectivity index (χ4n) is 3.22. The van der Waals surface area contributed by atoms with Gasteiger partial charge in [0.2, 0.25) is 5.91 Å². The standard InChI is InChI=1S/C20H23FN2O2/c1-25-19-5-3-2-4-18(19)23-11-10-16(14-23)13-22-20(24)12-15-6-8-17(21)9-7-15/h2-9,16H,10-14H2,1H3,(H,22,24)/t16-/m1/s1. The van der Waals surface area contributed by atoms with Crippen LogP contribution in [0.25, 0.3) is 0 Å². The van der Waals surface area contributed by atoms with Crippen molar-refractivity contribution in [3.8, 4) is 5.75 Å². The van der Waals surface area contributed by atoms with Crippen molar-refractivity contribution in [2.75, 3.05) is 31.6 Å². The SMILES string of the molecule is COc1ccccc1N1CC[C@H](CNC(=O)Cc2ccc(F)cc2)C1. The molecule has 1 aliphatic heterocycles. The van der Waals surface area contributed by atoms with Crippen molar-refractivity contribution in [3.05, 3.63) is 59.9 Å². The number of ether oxygens (including phenoxy) is 1. The number of rotatable bonds is 6. The molecule has 0 unspecified atom stereocenters. The van der Waals surface area contributed by atoms with Gasteiger partial charge in [-0.2, -0.15) is 0 Å². The van der Waals surface area contributed by atoms with Gasteiger partial charge in [-0.3, -0.25) is 4.79 Å². The van der Waals surface area contributed by atoms with Gasteiger partial charge in [0, 0.05) is 19.6 Å². The Bertz CT molecular complexity index is 718. The Hall–Kier alpha value is -2.56. The minimum atomic E-state index is -0.286. The largest absolute Gasteiger partial charge is 0.495 e. The van der Waals surface area contributed by atoms with Gasteiger partial charge in [-0.1, -0.05) is 24.3 Å². The van der Waals surface area contributed by atoms with Crippen molar-refractivity contribution < 1.29 is 13.9 Å². The third-order valence-corrected chi connectivity index (χ3v) is 4.58. The van der Waals surface area contributed by atoms with Gasteiger partial charge in [0.05, 0.1) is 19.2 Å². The summed E-state index contributed by atoms with van der Waals surface area (Å²) in [5, 5.41) is 3.00. The number of benzene rings is 2. The molecule has 4 nitrogen and oxygen atoms in total. The molecule has 1 fully saturated rings. The van der Waals surface area contributed by atoms with Gasteiger partial charge >= 0.3 is 0 Å². The summed E-state index contributed by atoms with van der Waals surface area (Å²) in [6.07, 6.45) is 1.32. The van der Waals surface area contributed by atoms with Gasteiger partial charge in [0.25, 0.3) is 0 Å². The van der Waals surface area contributed by atoms with Crippen LogP contribution < -0.4 is 15.0 Å².